The first kappa shape index (κ1) is 15.5. The molecule has 1 fully saturated rings. The van der Waals surface area contributed by atoms with Crippen LogP contribution >= 0.6 is 0 Å². The topological polar surface area (TPSA) is 60.3 Å². The van der Waals surface area contributed by atoms with E-state index in [0.29, 0.717) is 24.6 Å². The number of hydrogen-bond donors (Lipinski definition) is 1. The van der Waals surface area contributed by atoms with Gasteiger partial charge in [0.25, 0.3) is 11.5 Å². The lowest BCUT2D eigenvalue weighted by Crippen LogP contribution is -2.29. The minimum Gasteiger partial charge on any atom is -0.383 e. The van der Waals surface area contributed by atoms with Crippen LogP contribution in [0.3, 0.4) is 0 Å². The molecule has 5 heteroatoms. The molecule has 1 N–H and O–H groups in total. The van der Waals surface area contributed by atoms with Crippen LogP contribution < -0.4 is 10.9 Å². The zero-order valence-corrected chi connectivity index (χ0v) is 13.1. The normalized spacial score (nSPS) is 19.3. The average Bonchev–Trinajstić information content (AvgIpc) is 3.34. The summed E-state index contributed by atoms with van der Waals surface area (Å²) in [5.74, 6) is 0.249. The van der Waals surface area contributed by atoms with E-state index in [1.807, 2.05) is 18.2 Å². The molecule has 3 rings (SSSR count). The Morgan fingerprint density at radius 3 is 2.78 bits per heavy atom. The molecular formula is C18H20N2O3. The van der Waals surface area contributed by atoms with Gasteiger partial charge in [-0.2, -0.15) is 0 Å². The number of methoxy groups -OCH3 is 1. The molecule has 1 amide bonds. The van der Waals surface area contributed by atoms with Crippen molar-refractivity contribution in [3.8, 4) is 0 Å². The van der Waals surface area contributed by atoms with Gasteiger partial charge in [-0.1, -0.05) is 30.3 Å². The van der Waals surface area contributed by atoms with Crippen LogP contribution in [0.2, 0.25) is 0 Å². The van der Waals surface area contributed by atoms with Crippen LogP contribution in [0.1, 0.15) is 28.3 Å². The summed E-state index contributed by atoms with van der Waals surface area (Å²) >= 11 is 0. The third-order valence-electron chi connectivity index (χ3n) is 4.12. The highest BCUT2D eigenvalue weighted by atomic mass is 16.5. The number of carbonyl (C=O) groups excluding carboxylic acids is 1. The molecule has 0 saturated heterocycles. The summed E-state index contributed by atoms with van der Waals surface area (Å²) in [4.78, 5) is 24.1. The van der Waals surface area contributed by atoms with E-state index < -0.39 is 0 Å². The Balaban J connectivity index is 1.64. The van der Waals surface area contributed by atoms with Crippen LogP contribution in [-0.4, -0.2) is 30.2 Å². The van der Waals surface area contributed by atoms with Gasteiger partial charge in [0, 0.05) is 37.9 Å². The lowest BCUT2D eigenvalue weighted by Gasteiger charge is -2.08. The molecule has 0 spiro atoms. The zero-order chi connectivity index (χ0) is 16.2. The van der Waals surface area contributed by atoms with Crippen LogP contribution in [0.25, 0.3) is 0 Å². The van der Waals surface area contributed by atoms with Crippen LogP contribution in [-0.2, 0) is 11.3 Å². The number of carbonyl (C=O) groups is 1. The Morgan fingerprint density at radius 2 is 2.04 bits per heavy atom. The lowest BCUT2D eigenvalue weighted by atomic mass is 10.1. The molecule has 0 radical (unpaired) electrons. The molecule has 120 valence electrons. The first-order valence-electron chi connectivity index (χ1n) is 7.74. The standard InChI is InChI=1S/C18H20N2O3/c1-23-10-9-20-12-14(7-8-17(20)21)18(22)19-16-11-15(16)13-5-3-2-4-6-13/h2-8,12,15-16H,9-11H2,1H3,(H,19,22)/t15-,16+/m0/s1. The van der Waals surface area contributed by atoms with Crippen molar-refractivity contribution in [2.24, 2.45) is 0 Å². The molecular weight excluding hydrogens is 292 g/mol. The van der Waals surface area contributed by atoms with Crippen molar-refractivity contribution in [3.05, 3.63) is 70.1 Å². The Kier molecular flexibility index (Phi) is 4.57. The highest BCUT2D eigenvalue weighted by Gasteiger charge is 2.39. The van der Waals surface area contributed by atoms with Gasteiger partial charge in [0.2, 0.25) is 0 Å². The van der Waals surface area contributed by atoms with Gasteiger partial charge >= 0.3 is 0 Å². The number of amides is 1. The fourth-order valence-electron chi connectivity index (χ4n) is 2.70. The Morgan fingerprint density at radius 1 is 1.26 bits per heavy atom. The highest BCUT2D eigenvalue weighted by Crippen LogP contribution is 2.40. The quantitative estimate of drug-likeness (QED) is 0.884. The van der Waals surface area contributed by atoms with Crippen LogP contribution in [0.5, 0.6) is 0 Å². The van der Waals surface area contributed by atoms with Crippen molar-refractivity contribution >= 4 is 5.91 Å². The molecule has 0 aliphatic heterocycles. The van der Waals surface area contributed by atoms with E-state index >= 15 is 0 Å². The second-order valence-electron chi connectivity index (χ2n) is 5.78. The number of aromatic nitrogens is 1. The van der Waals surface area contributed by atoms with Crippen LogP contribution in [0.15, 0.2) is 53.5 Å². The van der Waals surface area contributed by atoms with E-state index in [2.05, 4.69) is 17.4 Å². The van der Waals surface area contributed by atoms with E-state index in [1.165, 1.54) is 16.2 Å². The van der Waals surface area contributed by atoms with Crippen molar-refractivity contribution < 1.29 is 9.53 Å². The molecule has 1 aliphatic rings. The summed E-state index contributed by atoms with van der Waals surface area (Å²) in [5, 5.41) is 3.04. The van der Waals surface area contributed by atoms with Crippen LogP contribution in [0, 0.1) is 0 Å². The van der Waals surface area contributed by atoms with Crippen molar-refractivity contribution in [1.82, 2.24) is 9.88 Å². The van der Waals surface area contributed by atoms with Crippen molar-refractivity contribution in [2.75, 3.05) is 13.7 Å². The third kappa shape index (κ3) is 3.68. The van der Waals surface area contributed by atoms with E-state index in [4.69, 9.17) is 4.74 Å². The van der Waals surface area contributed by atoms with Gasteiger partial charge in [-0.05, 0) is 18.1 Å². The minimum atomic E-state index is -0.139. The SMILES string of the molecule is COCCn1cc(C(=O)N[C@@H]2C[C@H]2c2ccccc2)ccc1=O. The highest BCUT2D eigenvalue weighted by molar-refractivity contribution is 5.94. The second-order valence-corrected chi connectivity index (χ2v) is 5.78. The Labute approximate surface area is 134 Å². The molecule has 2 aromatic rings. The first-order chi connectivity index (χ1) is 11.2. The molecule has 1 heterocycles. The molecule has 0 unspecified atom stereocenters. The van der Waals surface area contributed by atoms with Gasteiger partial charge < -0.3 is 14.6 Å². The van der Waals surface area contributed by atoms with Crippen molar-refractivity contribution in [2.45, 2.75) is 24.9 Å². The van der Waals surface area contributed by atoms with Gasteiger partial charge in [-0.25, -0.2) is 0 Å². The van der Waals surface area contributed by atoms with Gasteiger partial charge in [-0.3, -0.25) is 9.59 Å². The Hall–Kier alpha value is -2.40. The number of nitrogens with zero attached hydrogens (tertiary/aromatic N) is 1. The summed E-state index contributed by atoms with van der Waals surface area (Å²) in [5.41, 5.74) is 1.62. The fourth-order valence-corrected chi connectivity index (χ4v) is 2.70. The summed E-state index contributed by atoms with van der Waals surface area (Å²) in [6.07, 6.45) is 2.55. The average molecular weight is 312 g/mol. The number of nitrogens with one attached hydrogen (secondary N) is 1. The van der Waals surface area contributed by atoms with E-state index in [-0.39, 0.29) is 17.5 Å². The number of ether oxygens (including phenoxy) is 1. The van der Waals surface area contributed by atoms with E-state index in [9.17, 15) is 9.59 Å². The van der Waals surface area contributed by atoms with Gasteiger partial charge in [-0.15, -0.1) is 0 Å². The Bertz CT molecular complexity index is 739. The lowest BCUT2D eigenvalue weighted by molar-refractivity contribution is 0.0949. The summed E-state index contributed by atoms with van der Waals surface area (Å²) in [6.45, 7) is 0.871. The number of rotatable bonds is 6. The summed E-state index contributed by atoms with van der Waals surface area (Å²) in [7, 11) is 1.58. The zero-order valence-electron chi connectivity index (χ0n) is 13.1. The van der Waals surface area contributed by atoms with Crippen molar-refractivity contribution in [3.63, 3.8) is 0 Å². The largest absolute Gasteiger partial charge is 0.383 e. The summed E-state index contributed by atoms with van der Waals surface area (Å²) in [6, 6.07) is 13.3. The van der Waals surface area contributed by atoms with Crippen LogP contribution in [0.4, 0.5) is 0 Å². The number of benzene rings is 1. The maximum atomic E-state index is 12.4. The molecule has 2 atom stereocenters. The minimum absolute atomic E-state index is 0.132. The maximum Gasteiger partial charge on any atom is 0.253 e. The number of pyridine rings is 1. The predicted octanol–water partition coefficient (Wildman–Crippen LogP) is 1.78. The number of hydrogen-bond acceptors (Lipinski definition) is 3. The third-order valence-corrected chi connectivity index (χ3v) is 4.12. The van der Waals surface area contributed by atoms with Gasteiger partial charge in [0.15, 0.2) is 0 Å². The molecule has 23 heavy (non-hydrogen) atoms. The molecule has 0 bridgehead atoms. The van der Waals surface area contributed by atoms with E-state index in [1.54, 1.807) is 19.4 Å². The molecule has 1 aromatic carbocycles. The molecule has 1 aromatic heterocycles. The van der Waals surface area contributed by atoms with E-state index in [0.717, 1.165) is 6.42 Å². The first-order valence-corrected chi connectivity index (χ1v) is 7.74. The summed E-state index contributed by atoms with van der Waals surface area (Å²) < 4.78 is 6.48. The van der Waals surface area contributed by atoms with Crippen molar-refractivity contribution in [1.29, 1.82) is 0 Å². The monoisotopic (exact) mass is 312 g/mol. The maximum absolute atomic E-state index is 12.4. The predicted molar refractivity (Wildman–Crippen MR) is 87.6 cm³/mol. The smallest absolute Gasteiger partial charge is 0.253 e. The molecule has 1 saturated carbocycles. The van der Waals surface area contributed by atoms with Gasteiger partial charge in [0.05, 0.1) is 12.2 Å². The molecule has 5 nitrogen and oxygen atoms in total. The molecule has 1 aliphatic carbocycles. The second kappa shape index (κ2) is 6.79. The fraction of sp³-hybridized carbons (Fsp3) is 0.333. The van der Waals surface area contributed by atoms with Gasteiger partial charge in [0.1, 0.15) is 0 Å².